The van der Waals surface area contributed by atoms with Gasteiger partial charge in [-0.2, -0.15) is 0 Å². The predicted molar refractivity (Wildman–Crippen MR) is 115 cm³/mol. The first-order valence-corrected chi connectivity index (χ1v) is 9.64. The first kappa shape index (κ1) is 22.4. The summed E-state index contributed by atoms with van der Waals surface area (Å²) in [5.41, 5.74) is -0.0474. The molecule has 27 heavy (non-hydrogen) atoms. The molecule has 1 aromatic heterocycles. The molecule has 2 saturated heterocycles. The van der Waals surface area contributed by atoms with Crippen LogP contribution < -0.4 is 10.6 Å². The molecule has 3 N–H and O–H groups in total. The van der Waals surface area contributed by atoms with Crippen LogP contribution >= 0.6 is 24.0 Å². The topological polar surface area (TPSA) is 88.3 Å². The molecule has 3 heterocycles. The van der Waals surface area contributed by atoms with Crippen molar-refractivity contribution >= 4 is 29.9 Å². The number of aliphatic hydroxyl groups excluding tert-OH is 1. The third-order valence-corrected chi connectivity index (χ3v) is 5.16. The third kappa shape index (κ3) is 7.24. The van der Waals surface area contributed by atoms with Crippen molar-refractivity contribution in [3.8, 4) is 0 Å². The molecule has 8 heteroatoms. The second kappa shape index (κ2) is 11.9. The molecule has 1 aromatic rings. The van der Waals surface area contributed by atoms with Gasteiger partial charge in [-0.3, -0.25) is 4.99 Å². The zero-order valence-corrected chi connectivity index (χ0v) is 18.2. The van der Waals surface area contributed by atoms with E-state index in [2.05, 4.69) is 10.6 Å². The van der Waals surface area contributed by atoms with Crippen LogP contribution in [0.4, 0.5) is 0 Å². The minimum Gasteiger partial charge on any atom is -0.469 e. The molecule has 2 aliphatic rings. The van der Waals surface area contributed by atoms with E-state index in [0.29, 0.717) is 13.2 Å². The van der Waals surface area contributed by atoms with Gasteiger partial charge in [0.05, 0.1) is 25.5 Å². The Morgan fingerprint density at radius 3 is 2.93 bits per heavy atom. The number of aliphatic hydroxyl groups is 1. The lowest BCUT2D eigenvalue weighted by molar-refractivity contribution is 0.113. The molecule has 154 valence electrons. The Labute approximate surface area is 178 Å². The summed E-state index contributed by atoms with van der Waals surface area (Å²) in [7, 11) is 0. The molecule has 2 atom stereocenters. The summed E-state index contributed by atoms with van der Waals surface area (Å²) in [6, 6.07) is 3.88. The molecule has 0 saturated carbocycles. The van der Waals surface area contributed by atoms with Crippen LogP contribution in [0.3, 0.4) is 0 Å². The number of furan rings is 1. The van der Waals surface area contributed by atoms with E-state index < -0.39 is 0 Å². The molecule has 0 aliphatic carbocycles. The Morgan fingerprint density at radius 1 is 1.33 bits per heavy atom. The quantitative estimate of drug-likeness (QED) is 0.277. The minimum absolute atomic E-state index is 0. The highest BCUT2D eigenvalue weighted by Crippen LogP contribution is 2.32. The van der Waals surface area contributed by atoms with Gasteiger partial charge in [-0.05, 0) is 37.8 Å². The number of guanidine groups is 1. The van der Waals surface area contributed by atoms with E-state index in [9.17, 15) is 5.11 Å². The van der Waals surface area contributed by atoms with Crippen molar-refractivity contribution in [1.29, 1.82) is 0 Å². The van der Waals surface area contributed by atoms with Crippen LogP contribution in [0.25, 0.3) is 0 Å². The minimum atomic E-state index is -0.0474. The van der Waals surface area contributed by atoms with Gasteiger partial charge in [0.1, 0.15) is 5.76 Å². The van der Waals surface area contributed by atoms with Crippen molar-refractivity contribution in [3.05, 3.63) is 24.2 Å². The molecule has 0 bridgehead atoms. The Morgan fingerprint density at radius 2 is 2.26 bits per heavy atom. The summed E-state index contributed by atoms with van der Waals surface area (Å²) in [5, 5.41) is 16.2. The molecule has 2 unspecified atom stereocenters. The summed E-state index contributed by atoms with van der Waals surface area (Å²) < 4.78 is 16.6. The van der Waals surface area contributed by atoms with Crippen molar-refractivity contribution in [2.75, 3.05) is 46.1 Å². The molecule has 0 aromatic carbocycles. The fraction of sp³-hybridized carbons (Fsp3) is 0.737. The molecule has 0 amide bonds. The molecule has 2 aliphatic heterocycles. The highest BCUT2D eigenvalue weighted by molar-refractivity contribution is 14.0. The maximum atomic E-state index is 9.39. The Kier molecular flexibility index (Phi) is 9.88. The lowest BCUT2D eigenvalue weighted by Crippen LogP contribution is -2.42. The van der Waals surface area contributed by atoms with Crippen LogP contribution in [0.5, 0.6) is 0 Å². The normalized spacial score (nSPS) is 25.4. The molecule has 2 fully saturated rings. The molecule has 0 radical (unpaired) electrons. The lowest BCUT2D eigenvalue weighted by atomic mass is 9.84. The third-order valence-electron chi connectivity index (χ3n) is 5.16. The second-order valence-corrected chi connectivity index (χ2v) is 7.21. The summed E-state index contributed by atoms with van der Waals surface area (Å²) in [5.74, 6) is 1.74. The van der Waals surface area contributed by atoms with Crippen molar-refractivity contribution in [2.24, 2.45) is 10.4 Å². The largest absolute Gasteiger partial charge is 0.469 e. The summed E-state index contributed by atoms with van der Waals surface area (Å²) >= 11 is 0. The van der Waals surface area contributed by atoms with E-state index >= 15 is 0 Å². The number of nitrogens with one attached hydrogen (secondary N) is 2. The first-order chi connectivity index (χ1) is 12.8. The van der Waals surface area contributed by atoms with Crippen LogP contribution in [-0.2, 0) is 15.9 Å². The number of nitrogens with zero attached hydrogens (tertiary/aromatic N) is 1. The highest BCUT2D eigenvalue weighted by atomic mass is 127. The number of hydrogen-bond acceptors (Lipinski definition) is 5. The van der Waals surface area contributed by atoms with Gasteiger partial charge in [0.15, 0.2) is 5.96 Å². The zero-order valence-electron chi connectivity index (χ0n) is 15.8. The lowest BCUT2D eigenvalue weighted by Gasteiger charge is -2.25. The van der Waals surface area contributed by atoms with Gasteiger partial charge >= 0.3 is 0 Å². The first-order valence-electron chi connectivity index (χ1n) is 9.64. The molecular formula is C19H32IN3O4. The van der Waals surface area contributed by atoms with Crippen LogP contribution in [0.1, 0.15) is 31.4 Å². The van der Waals surface area contributed by atoms with E-state index in [0.717, 1.165) is 70.1 Å². The maximum absolute atomic E-state index is 9.39. The van der Waals surface area contributed by atoms with Gasteiger partial charge in [0.25, 0.3) is 0 Å². The SMILES string of the molecule is I.OCCC1(CN=C(NCCc2ccco2)NCC2CCCO2)CCOC1. The van der Waals surface area contributed by atoms with Crippen LogP contribution in [0, 0.1) is 5.41 Å². The van der Waals surface area contributed by atoms with E-state index in [1.54, 1.807) is 6.26 Å². The number of halogens is 1. The van der Waals surface area contributed by atoms with Crippen molar-refractivity contribution < 1.29 is 19.0 Å². The Hall–Kier alpha value is -0.840. The molecule has 7 nitrogen and oxygen atoms in total. The summed E-state index contributed by atoms with van der Waals surface area (Å²) in [6.45, 7) is 4.59. The second-order valence-electron chi connectivity index (χ2n) is 7.21. The number of ether oxygens (including phenoxy) is 2. The highest BCUT2D eigenvalue weighted by Gasteiger charge is 2.34. The average molecular weight is 493 g/mol. The van der Waals surface area contributed by atoms with Crippen LogP contribution in [0.2, 0.25) is 0 Å². The summed E-state index contributed by atoms with van der Waals surface area (Å²) in [6.07, 6.45) is 6.64. The van der Waals surface area contributed by atoms with Gasteiger partial charge in [-0.25, -0.2) is 0 Å². The van der Waals surface area contributed by atoms with Gasteiger partial charge in [-0.1, -0.05) is 0 Å². The molecule has 0 spiro atoms. The predicted octanol–water partition coefficient (Wildman–Crippen LogP) is 1.94. The number of aliphatic imine (C=N–C) groups is 1. The smallest absolute Gasteiger partial charge is 0.191 e. The fourth-order valence-electron chi connectivity index (χ4n) is 3.48. The summed E-state index contributed by atoms with van der Waals surface area (Å²) in [4.78, 5) is 4.79. The van der Waals surface area contributed by atoms with Gasteiger partial charge < -0.3 is 29.6 Å². The van der Waals surface area contributed by atoms with Crippen molar-refractivity contribution in [1.82, 2.24) is 10.6 Å². The Bertz CT molecular complexity index is 541. The van der Waals surface area contributed by atoms with Crippen LogP contribution in [-0.4, -0.2) is 63.2 Å². The van der Waals surface area contributed by atoms with E-state index in [1.807, 2.05) is 12.1 Å². The Balaban J connectivity index is 0.00000261. The number of hydrogen-bond donors (Lipinski definition) is 3. The zero-order chi connectivity index (χ0) is 18.1. The molecule has 3 rings (SSSR count). The van der Waals surface area contributed by atoms with Gasteiger partial charge in [0.2, 0.25) is 0 Å². The van der Waals surface area contributed by atoms with Crippen molar-refractivity contribution in [2.45, 2.75) is 38.2 Å². The molecular weight excluding hydrogens is 461 g/mol. The standard InChI is InChI=1S/C19H31N3O4.HI/c23-9-6-19(7-12-24-15-19)14-22-18(21-13-17-4-2-11-26-17)20-8-5-16-3-1-10-25-16;/h1,3,10,17,23H,2,4-9,11-15H2,(H2,20,21,22);1H. The maximum Gasteiger partial charge on any atom is 0.191 e. The van der Waals surface area contributed by atoms with E-state index in [1.165, 1.54) is 0 Å². The van der Waals surface area contributed by atoms with Crippen LogP contribution in [0.15, 0.2) is 27.8 Å². The van der Waals surface area contributed by atoms with E-state index in [-0.39, 0.29) is 42.1 Å². The van der Waals surface area contributed by atoms with Gasteiger partial charge in [-0.15, -0.1) is 24.0 Å². The van der Waals surface area contributed by atoms with Gasteiger partial charge in [0, 0.05) is 44.7 Å². The van der Waals surface area contributed by atoms with Crippen molar-refractivity contribution in [3.63, 3.8) is 0 Å². The average Bonchev–Trinajstić information content (AvgIpc) is 3.40. The fourth-order valence-corrected chi connectivity index (χ4v) is 3.48. The van der Waals surface area contributed by atoms with E-state index in [4.69, 9.17) is 18.9 Å². The monoisotopic (exact) mass is 493 g/mol. The number of rotatable bonds is 9.